The number of H-pyrrole nitrogens is 1. The van der Waals surface area contributed by atoms with Crippen LogP contribution in [0.15, 0.2) is 24.5 Å². The zero-order valence-corrected chi connectivity index (χ0v) is 6.55. The van der Waals surface area contributed by atoms with Gasteiger partial charge in [0.15, 0.2) is 12.4 Å². The first-order valence-corrected chi connectivity index (χ1v) is 3.97. The molecule has 0 radical (unpaired) electrons. The van der Waals surface area contributed by atoms with E-state index in [2.05, 4.69) is 39.7 Å². The minimum Gasteiger partial charge on any atom is -0.218 e. The second-order valence-corrected chi connectivity index (χ2v) is 2.30. The Morgan fingerprint density at radius 2 is 2.00 bits per heavy atom. The number of rotatable bonds is 1. The minimum atomic E-state index is 1.09. The molecule has 1 aromatic heterocycles. The number of hydrogen-bond acceptors (Lipinski definition) is 0. The van der Waals surface area contributed by atoms with Crippen molar-refractivity contribution < 1.29 is 4.98 Å². The van der Waals surface area contributed by atoms with Crippen molar-refractivity contribution >= 4 is 22.6 Å². The van der Waals surface area contributed by atoms with E-state index >= 15 is 0 Å². The quantitative estimate of drug-likeness (QED) is 0.502. The van der Waals surface area contributed by atoms with E-state index in [0.29, 0.717) is 0 Å². The van der Waals surface area contributed by atoms with Crippen molar-refractivity contribution in [3.8, 4) is 0 Å². The van der Waals surface area contributed by atoms with Crippen LogP contribution in [0.1, 0.15) is 5.56 Å². The molecule has 0 atom stereocenters. The lowest BCUT2D eigenvalue weighted by Crippen LogP contribution is -1.97. The molecule has 1 heterocycles. The second kappa shape index (κ2) is 3.02. The Kier molecular flexibility index (Phi) is 2.27. The van der Waals surface area contributed by atoms with Gasteiger partial charge in [0.05, 0.1) is 0 Å². The van der Waals surface area contributed by atoms with Crippen LogP contribution in [-0.4, -0.2) is 0 Å². The van der Waals surface area contributed by atoms with Crippen LogP contribution in [-0.2, 0) is 4.43 Å². The van der Waals surface area contributed by atoms with Gasteiger partial charge in [-0.25, -0.2) is 4.98 Å². The maximum absolute atomic E-state index is 2.96. The minimum absolute atomic E-state index is 1.09. The van der Waals surface area contributed by atoms with Gasteiger partial charge in [-0.05, 0) is 5.56 Å². The Balaban J connectivity index is 2.83. The van der Waals surface area contributed by atoms with E-state index in [1.807, 2.05) is 12.4 Å². The van der Waals surface area contributed by atoms with E-state index in [1.165, 1.54) is 5.56 Å². The highest BCUT2D eigenvalue weighted by atomic mass is 127. The molecular formula is C6H7IN+. The topological polar surface area (TPSA) is 14.1 Å². The van der Waals surface area contributed by atoms with Gasteiger partial charge in [-0.2, -0.15) is 0 Å². The van der Waals surface area contributed by atoms with Crippen molar-refractivity contribution in [2.45, 2.75) is 4.43 Å². The van der Waals surface area contributed by atoms with Crippen molar-refractivity contribution in [3.05, 3.63) is 30.1 Å². The fourth-order valence-corrected chi connectivity index (χ4v) is 1.02. The summed E-state index contributed by atoms with van der Waals surface area (Å²) >= 11 is 2.34. The first kappa shape index (κ1) is 6.01. The molecule has 1 nitrogen and oxygen atoms in total. The summed E-state index contributed by atoms with van der Waals surface area (Å²) in [7, 11) is 0. The second-order valence-electron chi connectivity index (χ2n) is 1.54. The van der Waals surface area contributed by atoms with Gasteiger partial charge in [0, 0.05) is 16.6 Å². The molecule has 0 aliphatic rings. The molecule has 42 valence electrons. The predicted molar refractivity (Wildman–Crippen MR) is 40.7 cm³/mol. The average Bonchev–Trinajstić information content (AvgIpc) is 1.90. The zero-order valence-electron chi connectivity index (χ0n) is 4.39. The first-order valence-electron chi connectivity index (χ1n) is 2.44. The van der Waals surface area contributed by atoms with Crippen LogP contribution in [0, 0.1) is 0 Å². The monoisotopic (exact) mass is 220 g/mol. The van der Waals surface area contributed by atoms with Crippen LogP contribution in [0.5, 0.6) is 0 Å². The fraction of sp³-hybridized carbons (Fsp3) is 0.167. The lowest BCUT2D eigenvalue weighted by Gasteiger charge is -1.84. The lowest BCUT2D eigenvalue weighted by molar-refractivity contribution is -0.378. The Bertz CT molecular complexity index is 150. The van der Waals surface area contributed by atoms with Crippen molar-refractivity contribution in [2.24, 2.45) is 0 Å². The summed E-state index contributed by atoms with van der Waals surface area (Å²) in [5.74, 6) is 0. The SMILES string of the molecule is ICc1cc[nH+]cc1. The molecule has 0 saturated heterocycles. The van der Waals surface area contributed by atoms with Crippen LogP contribution in [0.4, 0.5) is 0 Å². The van der Waals surface area contributed by atoms with E-state index in [9.17, 15) is 0 Å². The summed E-state index contributed by atoms with van der Waals surface area (Å²) in [6, 6.07) is 4.15. The largest absolute Gasteiger partial charge is 0.218 e. The van der Waals surface area contributed by atoms with Crippen molar-refractivity contribution in [1.82, 2.24) is 0 Å². The molecule has 8 heavy (non-hydrogen) atoms. The number of nitrogens with one attached hydrogen (secondary N) is 1. The molecule has 0 amide bonds. The van der Waals surface area contributed by atoms with Gasteiger partial charge in [0.2, 0.25) is 0 Å². The highest BCUT2D eigenvalue weighted by molar-refractivity contribution is 14.1. The lowest BCUT2D eigenvalue weighted by atomic mass is 10.3. The van der Waals surface area contributed by atoms with Crippen molar-refractivity contribution in [2.75, 3.05) is 0 Å². The highest BCUT2D eigenvalue weighted by Gasteiger charge is 1.85. The third-order valence-electron chi connectivity index (χ3n) is 0.942. The maximum atomic E-state index is 2.96. The molecule has 0 fully saturated rings. The molecular weight excluding hydrogens is 213 g/mol. The van der Waals surface area contributed by atoms with Crippen molar-refractivity contribution in [3.63, 3.8) is 0 Å². The number of aromatic nitrogens is 1. The van der Waals surface area contributed by atoms with Gasteiger partial charge < -0.3 is 0 Å². The molecule has 0 spiro atoms. The van der Waals surface area contributed by atoms with E-state index < -0.39 is 0 Å². The number of halogens is 1. The summed E-state index contributed by atoms with van der Waals surface area (Å²) in [4.78, 5) is 2.96. The third kappa shape index (κ3) is 1.43. The van der Waals surface area contributed by atoms with Crippen LogP contribution in [0.25, 0.3) is 0 Å². The molecule has 0 aromatic carbocycles. The van der Waals surface area contributed by atoms with Crippen molar-refractivity contribution in [1.29, 1.82) is 0 Å². The molecule has 0 bridgehead atoms. The average molecular weight is 220 g/mol. The number of aromatic amines is 1. The molecule has 0 saturated carbocycles. The molecule has 0 aliphatic carbocycles. The molecule has 2 heteroatoms. The van der Waals surface area contributed by atoms with Gasteiger partial charge in [-0.1, -0.05) is 22.6 Å². The Morgan fingerprint density at radius 3 is 2.38 bits per heavy atom. The summed E-state index contributed by atoms with van der Waals surface area (Å²) in [5, 5.41) is 0. The summed E-state index contributed by atoms with van der Waals surface area (Å²) in [6.07, 6.45) is 3.88. The fourth-order valence-electron chi connectivity index (χ4n) is 0.510. The van der Waals surface area contributed by atoms with Crippen LogP contribution in [0.2, 0.25) is 0 Å². The highest BCUT2D eigenvalue weighted by Crippen LogP contribution is 2.00. The van der Waals surface area contributed by atoms with Crippen LogP contribution < -0.4 is 4.98 Å². The van der Waals surface area contributed by atoms with Gasteiger partial charge in [0.25, 0.3) is 0 Å². The molecule has 1 rings (SSSR count). The van der Waals surface area contributed by atoms with E-state index in [1.54, 1.807) is 0 Å². The molecule has 1 N–H and O–H groups in total. The van der Waals surface area contributed by atoms with Gasteiger partial charge in [-0.15, -0.1) is 0 Å². The molecule has 0 unspecified atom stereocenters. The standard InChI is InChI=1S/C6H6IN/c7-5-6-1-3-8-4-2-6/h1-4H,5H2/p+1. The van der Waals surface area contributed by atoms with Gasteiger partial charge in [-0.3, -0.25) is 0 Å². The molecule has 1 aromatic rings. The first-order chi connectivity index (χ1) is 3.93. The van der Waals surface area contributed by atoms with Crippen LogP contribution in [0.3, 0.4) is 0 Å². The Hall–Kier alpha value is -0.120. The van der Waals surface area contributed by atoms with E-state index in [-0.39, 0.29) is 0 Å². The Labute approximate surface area is 62.3 Å². The predicted octanol–water partition coefficient (Wildman–Crippen LogP) is 1.44. The number of pyridine rings is 1. The summed E-state index contributed by atoms with van der Waals surface area (Å²) in [6.45, 7) is 0. The molecule has 0 aliphatic heterocycles. The third-order valence-corrected chi connectivity index (χ3v) is 1.82. The van der Waals surface area contributed by atoms with Crippen LogP contribution >= 0.6 is 22.6 Å². The van der Waals surface area contributed by atoms with Gasteiger partial charge >= 0.3 is 0 Å². The zero-order chi connectivity index (χ0) is 5.82. The number of hydrogen-bond donors (Lipinski definition) is 0. The van der Waals surface area contributed by atoms with E-state index in [0.717, 1.165) is 4.43 Å². The summed E-state index contributed by atoms with van der Waals surface area (Å²) in [5.41, 5.74) is 1.37. The normalized spacial score (nSPS) is 9.12. The summed E-state index contributed by atoms with van der Waals surface area (Å²) < 4.78 is 1.09. The maximum Gasteiger partial charge on any atom is 0.167 e. The smallest absolute Gasteiger partial charge is 0.167 e. The Morgan fingerprint density at radius 1 is 1.38 bits per heavy atom. The van der Waals surface area contributed by atoms with E-state index in [4.69, 9.17) is 0 Å². The number of alkyl halides is 1. The van der Waals surface area contributed by atoms with Gasteiger partial charge in [0.1, 0.15) is 0 Å².